The summed E-state index contributed by atoms with van der Waals surface area (Å²) in [7, 11) is 2.04. The number of hydrogen-bond acceptors (Lipinski definition) is 4. The second-order valence-corrected chi connectivity index (χ2v) is 4.46. The SMILES string of the molecule is CN1CCCN=C1NC(C)(C)CCO. The van der Waals surface area contributed by atoms with Gasteiger partial charge in [0.2, 0.25) is 0 Å². The quantitative estimate of drug-likeness (QED) is 0.693. The molecule has 0 atom stereocenters. The maximum absolute atomic E-state index is 8.90. The topological polar surface area (TPSA) is 47.9 Å². The van der Waals surface area contributed by atoms with Crippen LogP contribution in [0.2, 0.25) is 0 Å². The van der Waals surface area contributed by atoms with Crippen LogP contribution in [0, 0.1) is 0 Å². The van der Waals surface area contributed by atoms with Gasteiger partial charge in [-0.25, -0.2) is 0 Å². The minimum absolute atomic E-state index is 0.0841. The minimum atomic E-state index is -0.0841. The van der Waals surface area contributed by atoms with E-state index in [1.54, 1.807) is 0 Å². The van der Waals surface area contributed by atoms with Gasteiger partial charge in [-0.05, 0) is 26.7 Å². The summed E-state index contributed by atoms with van der Waals surface area (Å²) in [6.07, 6.45) is 1.86. The van der Waals surface area contributed by atoms with Gasteiger partial charge in [-0.3, -0.25) is 4.99 Å². The lowest BCUT2D eigenvalue weighted by Gasteiger charge is -2.33. The van der Waals surface area contributed by atoms with Crippen molar-refractivity contribution in [3.8, 4) is 0 Å². The van der Waals surface area contributed by atoms with Gasteiger partial charge in [-0.1, -0.05) is 0 Å². The summed E-state index contributed by atoms with van der Waals surface area (Å²) < 4.78 is 0. The highest BCUT2D eigenvalue weighted by Crippen LogP contribution is 2.09. The first-order chi connectivity index (χ1) is 6.55. The number of hydrogen-bond donors (Lipinski definition) is 2. The van der Waals surface area contributed by atoms with Gasteiger partial charge in [-0.2, -0.15) is 0 Å². The first-order valence-electron chi connectivity index (χ1n) is 5.20. The molecule has 4 heteroatoms. The molecular weight excluding hydrogens is 178 g/mol. The Morgan fingerprint density at radius 2 is 2.29 bits per heavy atom. The van der Waals surface area contributed by atoms with Crippen LogP contribution in [-0.4, -0.2) is 48.2 Å². The summed E-state index contributed by atoms with van der Waals surface area (Å²) in [5.74, 6) is 0.953. The summed E-state index contributed by atoms with van der Waals surface area (Å²) in [4.78, 5) is 6.56. The Hall–Kier alpha value is -0.770. The molecule has 1 aliphatic heterocycles. The van der Waals surface area contributed by atoms with Gasteiger partial charge in [0.05, 0.1) is 0 Å². The molecule has 0 aromatic rings. The fourth-order valence-corrected chi connectivity index (χ4v) is 1.50. The standard InChI is InChI=1S/C10H21N3O/c1-10(2,5-8-14)12-9-11-6-4-7-13(9)3/h14H,4-8H2,1-3H3,(H,11,12). The molecule has 1 rings (SSSR count). The highest BCUT2D eigenvalue weighted by Gasteiger charge is 2.21. The van der Waals surface area contributed by atoms with E-state index in [1.165, 1.54) is 0 Å². The molecule has 82 valence electrons. The van der Waals surface area contributed by atoms with E-state index in [2.05, 4.69) is 29.1 Å². The third-order valence-electron chi connectivity index (χ3n) is 2.46. The Morgan fingerprint density at radius 3 is 2.86 bits per heavy atom. The van der Waals surface area contributed by atoms with Gasteiger partial charge in [-0.15, -0.1) is 0 Å². The number of aliphatic hydroxyl groups excluding tert-OH is 1. The van der Waals surface area contributed by atoms with E-state index in [0.29, 0.717) is 0 Å². The highest BCUT2D eigenvalue weighted by atomic mass is 16.3. The van der Waals surface area contributed by atoms with E-state index in [0.717, 1.165) is 31.9 Å². The lowest BCUT2D eigenvalue weighted by atomic mass is 10.0. The van der Waals surface area contributed by atoms with Crippen molar-refractivity contribution in [2.75, 3.05) is 26.7 Å². The summed E-state index contributed by atoms with van der Waals surface area (Å²) in [6, 6.07) is 0. The van der Waals surface area contributed by atoms with Gasteiger partial charge in [0.1, 0.15) is 0 Å². The summed E-state index contributed by atoms with van der Waals surface area (Å²) in [6.45, 7) is 6.32. The molecule has 0 radical (unpaired) electrons. The summed E-state index contributed by atoms with van der Waals surface area (Å²) >= 11 is 0. The lowest BCUT2D eigenvalue weighted by Crippen LogP contribution is -2.51. The van der Waals surface area contributed by atoms with Crippen molar-refractivity contribution < 1.29 is 5.11 Å². The van der Waals surface area contributed by atoms with Crippen molar-refractivity contribution in [1.82, 2.24) is 10.2 Å². The average molecular weight is 199 g/mol. The van der Waals surface area contributed by atoms with Gasteiger partial charge in [0.15, 0.2) is 5.96 Å². The molecular formula is C10H21N3O. The molecule has 0 fully saturated rings. The van der Waals surface area contributed by atoms with Crippen LogP contribution < -0.4 is 5.32 Å². The summed E-state index contributed by atoms with van der Waals surface area (Å²) in [5.41, 5.74) is -0.0841. The van der Waals surface area contributed by atoms with Crippen LogP contribution in [0.1, 0.15) is 26.7 Å². The number of guanidine groups is 1. The van der Waals surface area contributed by atoms with Crippen LogP contribution in [0.25, 0.3) is 0 Å². The minimum Gasteiger partial charge on any atom is -0.396 e. The predicted molar refractivity (Wildman–Crippen MR) is 58.5 cm³/mol. The summed E-state index contributed by atoms with van der Waals surface area (Å²) in [5, 5.41) is 12.3. The Balaban J connectivity index is 2.53. The van der Waals surface area contributed by atoms with Crippen molar-refractivity contribution in [2.45, 2.75) is 32.2 Å². The number of aliphatic imine (C=N–C) groups is 1. The molecule has 0 aromatic heterocycles. The van der Waals surface area contributed by atoms with E-state index < -0.39 is 0 Å². The third kappa shape index (κ3) is 3.18. The van der Waals surface area contributed by atoms with Crippen LogP contribution in [0.15, 0.2) is 4.99 Å². The molecule has 1 heterocycles. The zero-order valence-electron chi connectivity index (χ0n) is 9.38. The molecule has 0 bridgehead atoms. The molecule has 4 nitrogen and oxygen atoms in total. The van der Waals surface area contributed by atoms with Crippen molar-refractivity contribution >= 4 is 5.96 Å². The van der Waals surface area contributed by atoms with Crippen LogP contribution in [-0.2, 0) is 0 Å². The molecule has 1 aliphatic rings. The maximum atomic E-state index is 8.90. The zero-order valence-corrected chi connectivity index (χ0v) is 9.38. The van der Waals surface area contributed by atoms with Crippen LogP contribution in [0.4, 0.5) is 0 Å². The fourth-order valence-electron chi connectivity index (χ4n) is 1.50. The average Bonchev–Trinajstić information content (AvgIpc) is 2.08. The molecule has 0 saturated heterocycles. The number of nitrogens with one attached hydrogen (secondary N) is 1. The van der Waals surface area contributed by atoms with Crippen molar-refractivity contribution in [3.63, 3.8) is 0 Å². The van der Waals surface area contributed by atoms with Crippen molar-refractivity contribution in [3.05, 3.63) is 0 Å². The molecule has 14 heavy (non-hydrogen) atoms. The molecule has 0 spiro atoms. The molecule has 0 aromatic carbocycles. The molecule has 0 unspecified atom stereocenters. The Labute approximate surface area is 86.0 Å². The monoisotopic (exact) mass is 199 g/mol. The third-order valence-corrected chi connectivity index (χ3v) is 2.46. The zero-order chi connectivity index (χ0) is 10.6. The van der Waals surface area contributed by atoms with Gasteiger partial charge in [0, 0.05) is 32.3 Å². The van der Waals surface area contributed by atoms with Gasteiger partial charge >= 0.3 is 0 Å². The second-order valence-electron chi connectivity index (χ2n) is 4.46. The Kier molecular flexibility index (Phi) is 3.75. The van der Waals surface area contributed by atoms with Crippen molar-refractivity contribution in [2.24, 2.45) is 4.99 Å². The molecule has 0 aliphatic carbocycles. The van der Waals surface area contributed by atoms with Gasteiger partial charge < -0.3 is 15.3 Å². The Bertz CT molecular complexity index is 213. The van der Waals surface area contributed by atoms with E-state index in [4.69, 9.17) is 5.11 Å². The van der Waals surface area contributed by atoms with E-state index in [9.17, 15) is 0 Å². The largest absolute Gasteiger partial charge is 0.396 e. The number of aliphatic hydroxyl groups is 1. The molecule has 0 saturated carbocycles. The Morgan fingerprint density at radius 1 is 1.57 bits per heavy atom. The first kappa shape index (κ1) is 11.3. The highest BCUT2D eigenvalue weighted by molar-refractivity contribution is 5.80. The van der Waals surface area contributed by atoms with E-state index in [-0.39, 0.29) is 12.1 Å². The van der Waals surface area contributed by atoms with Crippen LogP contribution in [0.5, 0.6) is 0 Å². The predicted octanol–water partition coefficient (Wildman–Crippen LogP) is 0.428. The van der Waals surface area contributed by atoms with Crippen LogP contribution >= 0.6 is 0 Å². The fraction of sp³-hybridized carbons (Fsp3) is 0.900. The smallest absolute Gasteiger partial charge is 0.194 e. The number of rotatable bonds is 3. The van der Waals surface area contributed by atoms with E-state index in [1.807, 2.05) is 7.05 Å². The number of nitrogens with zero attached hydrogens (tertiary/aromatic N) is 2. The normalized spacial score (nSPS) is 18.0. The first-order valence-corrected chi connectivity index (χ1v) is 5.20. The lowest BCUT2D eigenvalue weighted by molar-refractivity contribution is 0.240. The van der Waals surface area contributed by atoms with Crippen LogP contribution in [0.3, 0.4) is 0 Å². The van der Waals surface area contributed by atoms with E-state index >= 15 is 0 Å². The van der Waals surface area contributed by atoms with Gasteiger partial charge in [0.25, 0.3) is 0 Å². The maximum Gasteiger partial charge on any atom is 0.194 e. The second kappa shape index (κ2) is 4.64. The van der Waals surface area contributed by atoms with Crippen molar-refractivity contribution in [1.29, 1.82) is 0 Å². The molecule has 0 amide bonds. The molecule has 2 N–H and O–H groups in total.